The van der Waals surface area contributed by atoms with Crippen LogP contribution < -0.4 is 0 Å². The third kappa shape index (κ3) is 3.37. The maximum atomic E-state index is 14.7. The Morgan fingerprint density at radius 3 is 2.55 bits per heavy atom. The van der Waals surface area contributed by atoms with E-state index >= 15 is 0 Å². The summed E-state index contributed by atoms with van der Waals surface area (Å²) >= 11 is 0. The van der Waals surface area contributed by atoms with E-state index in [-0.39, 0.29) is 19.0 Å². The van der Waals surface area contributed by atoms with Crippen molar-refractivity contribution in [1.29, 1.82) is 0 Å². The van der Waals surface area contributed by atoms with E-state index in [1.807, 2.05) is 0 Å². The van der Waals surface area contributed by atoms with Crippen molar-refractivity contribution in [3.63, 3.8) is 0 Å². The number of benzene rings is 1. The average molecular weight is 404 g/mol. The van der Waals surface area contributed by atoms with Crippen molar-refractivity contribution in [2.45, 2.75) is 18.4 Å². The number of alkyl halides is 4. The summed E-state index contributed by atoms with van der Waals surface area (Å²) < 4.78 is 54.7. The van der Waals surface area contributed by atoms with Crippen LogP contribution >= 0.6 is 0 Å². The van der Waals surface area contributed by atoms with Gasteiger partial charge in [0.25, 0.3) is 0 Å². The summed E-state index contributed by atoms with van der Waals surface area (Å²) in [6, 6.07) is 7.24. The molecule has 0 radical (unpaired) electrons. The minimum atomic E-state index is -4.44. The molecule has 1 aliphatic rings. The van der Waals surface area contributed by atoms with Gasteiger partial charge in [0.1, 0.15) is 23.4 Å². The van der Waals surface area contributed by atoms with Crippen LogP contribution in [0.15, 0.2) is 55.3 Å². The zero-order chi connectivity index (χ0) is 20.8. The van der Waals surface area contributed by atoms with Crippen molar-refractivity contribution in [3.8, 4) is 11.3 Å². The van der Waals surface area contributed by atoms with Crippen LogP contribution in [0.25, 0.3) is 22.3 Å². The highest BCUT2D eigenvalue weighted by Gasteiger charge is 2.38. The Bertz CT molecular complexity index is 1070. The van der Waals surface area contributed by atoms with Gasteiger partial charge in [-0.3, -0.25) is 14.5 Å². The molecule has 0 bridgehead atoms. The topological polar surface area (TPSA) is 51.0 Å². The predicted octanol–water partition coefficient (Wildman–Crippen LogP) is 4.02. The third-order valence-corrected chi connectivity index (χ3v) is 4.97. The van der Waals surface area contributed by atoms with Crippen molar-refractivity contribution in [2.75, 3.05) is 13.1 Å². The fourth-order valence-electron chi connectivity index (χ4n) is 3.52. The summed E-state index contributed by atoms with van der Waals surface area (Å²) in [5, 5.41) is 4.47. The van der Waals surface area contributed by atoms with Gasteiger partial charge in [-0.2, -0.15) is 18.3 Å². The number of carbonyl (C=O) groups excluding carboxylic acids is 1. The van der Waals surface area contributed by atoms with Crippen molar-refractivity contribution in [1.82, 2.24) is 19.7 Å². The molecule has 3 heterocycles. The molecule has 4 rings (SSSR count). The van der Waals surface area contributed by atoms with Crippen LogP contribution in [0.4, 0.5) is 17.6 Å². The first-order chi connectivity index (χ1) is 13.8. The minimum Gasteiger partial charge on any atom is -0.334 e. The molecule has 1 aromatic carbocycles. The van der Waals surface area contributed by atoms with Crippen molar-refractivity contribution in [2.24, 2.45) is 0 Å². The van der Waals surface area contributed by atoms with Crippen LogP contribution in [0.1, 0.15) is 11.6 Å². The van der Waals surface area contributed by atoms with E-state index in [0.29, 0.717) is 22.3 Å². The largest absolute Gasteiger partial charge is 0.416 e. The monoisotopic (exact) mass is 404 g/mol. The van der Waals surface area contributed by atoms with Crippen LogP contribution in [0.2, 0.25) is 0 Å². The lowest BCUT2D eigenvalue weighted by molar-refractivity contribution is -0.137. The molecule has 0 unspecified atom stereocenters. The van der Waals surface area contributed by atoms with Gasteiger partial charge in [0.05, 0.1) is 17.6 Å². The van der Waals surface area contributed by atoms with E-state index in [0.717, 1.165) is 18.2 Å². The first kappa shape index (κ1) is 19.1. The standard InChI is InChI=1S/C20H16F4N4O/c1-2-17(29)27-10-14(21)16(11-27)28-15-4-3-9-25-19(15)18(26-28)12-5-7-13(8-6-12)20(22,23)24/h2-9,14,16H,1,10-11H2/t14-,16+/m1/s1. The lowest BCUT2D eigenvalue weighted by Gasteiger charge is -2.15. The first-order valence-electron chi connectivity index (χ1n) is 8.86. The molecule has 2 aromatic heterocycles. The van der Waals surface area contributed by atoms with Gasteiger partial charge in [0.15, 0.2) is 0 Å². The molecular weight excluding hydrogens is 388 g/mol. The Kier molecular flexibility index (Phi) is 4.60. The van der Waals surface area contributed by atoms with Crippen molar-refractivity contribution in [3.05, 3.63) is 60.8 Å². The summed E-state index contributed by atoms with van der Waals surface area (Å²) in [7, 11) is 0. The number of hydrogen-bond acceptors (Lipinski definition) is 3. The van der Waals surface area contributed by atoms with Gasteiger partial charge in [-0.05, 0) is 30.3 Å². The zero-order valence-electron chi connectivity index (χ0n) is 15.1. The Balaban J connectivity index is 1.77. The molecule has 1 amide bonds. The van der Waals surface area contributed by atoms with Gasteiger partial charge in [-0.1, -0.05) is 18.7 Å². The minimum absolute atomic E-state index is 0.0766. The van der Waals surface area contributed by atoms with Gasteiger partial charge in [0.2, 0.25) is 5.91 Å². The molecule has 150 valence electrons. The summed E-state index contributed by atoms with van der Waals surface area (Å²) in [6.07, 6.45) is -3.12. The van der Waals surface area contributed by atoms with Crippen LogP contribution in [0.5, 0.6) is 0 Å². The maximum absolute atomic E-state index is 14.7. The highest BCUT2D eigenvalue weighted by atomic mass is 19.4. The van der Waals surface area contributed by atoms with Gasteiger partial charge < -0.3 is 4.90 Å². The summed E-state index contributed by atoms with van der Waals surface area (Å²) in [5.41, 5.74) is 1.02. The van der Waals surface area contributed by atoms with E-state index < -0.39 is 24.0 Å². The molecule has 1 fully saturated rings. The molecule has 1 saturated heterocycles. The Morgan fingerprint density at radius 1 is 1.17 bits per heavy atom. The molecule has 1 aliphatic heterocycles. The van der Waals surface area contributed by atoms with E-state index in [1.54, 1.807) is 12.1 Å². The van der Waals surface area contributed by atoms with Crippen LogP contribution in [0, 0.1) is 0 Å². The zero-order valence-corrected chi connectivity index (χ0v) is 15.1. The SMILES string of the molecule is C=CC(=O)N1C[C@@H](F)[C@@H](n2nc(-c3ccc(C(F)(F)F)cc3)c3ncccc32)C1. The highest BCUT2D eigenvalue weighted by molar-refractivity contribution is 5.90. The van der Waals surface area contributed by atoms with Gasteiger partial charge >= 0.3 is 6.18 Å². The Morgan fingerprint density at radius 2 is 1.90 bits per heavy atom. The van der Waals surface area contributed by atoms with Crippen LogP contribution in [0.3, 0.4) is 0 Å². The lowest BCUT2D eigenvalue weighted by Crippen LogP contribution is -2.27. The molecule has 5 nitrogen and oxygen atoms in total. The number of hydrogen-bond donors (Lipinski definition) is 0. The summed E-state index contributed by atoms with van der Waals surface area (Å²) in [6.45, 7) is 3.46. The fraction of sp³-hybridized carbons (Fsp3) is 0.250. The second kappa shape index (κ2) is 6.98. The van der Waals surface area contributed by atoms with Gasteiger partial charge in [-0.25, -0.2) is 4.39 Å². The number of fused-ring (bicyclic) bond motifs is 1. The third-order valence-electron chi connectivity index (χ3n) is 4.97. The van der Waals surface area contributed by atoms with Gasteiger partial charge in [0, 0.05) is 18.3 Å². The molecule has 29 heavy (non-hydrogen) atoms. The van der Waals surface area contributed by atoms with Crippen LogP contribution in [-0.4, -0.2) is 44.8 Å². The number of rotatable bonds is 3. The number of likely N-dealkylation sites (tertiary alicyclic amines) is 1. The van der Waals surface area contributed by atoms with E-state index in [4.69, 9.17) is 0 Å². The van der Waals surface area contributed by atoms with E-state index in [9.17, 15) is 22.4 Å². The van der Waals surface area contributed by atoms with Crippen LogP contribution in [-0.2, 0) is 11.0 Å². The molecule has 0 N–H and O–H groups in total. The number of pyridine rings is 1. The second-order valence-corrected chi connectivity index (χ2v) is 6.77. The number of nitrogens with zero attached hydrogens (tertiary/aromatic N) is 4. The fourth-order valence-corrected chi connectivity index (χ4v) is 3.52. The molecule has 0 spiro atoms. The summed E-state index contributed by atoms with van der Waals surface area (Å²) in [4.78, 5) is 17.5. The number of amides is 1. The van der Waals surface area contributed by atoms with Crippen molar-refractivity contribution < 1.29 is 22.4 Å². The maximum Gasteiger partial charge on any atom is 0.416 e. The number of halogens is 4. The average Bonchev–Trinajstić information content (AvgIpc) is 3.27. The molecule has 2 atom stereocenters. The normalized spacial score (nSPS) is 19.7. The van der Waals surface area contributed by atoms with E-state index in [2.05, 4.69) is 16.7 Å². The van der Waals surface area contributed by atoms with Crippen molar-refractivity contribution >= 4 is 16.9 Å². The Hall–Kier alpha value is -3.23. The molecule has 3 aromatic rings. The Labute approximate surface area is 163 Å². The quantitative estimate of drug-likeness (QED) is 0.489. The van der Waals surface area contributed by atoms with E-state index in [1.165, 1.54) is 27.9 Å². The second-order valence-electron chi connectivity index (χ2n) is 6.77. The first-order valence-corrected chi connectivity index (χ1v) is 8.86. The highest BCUT2D eigenvalue weighted by Crippen LogP contribution is 2.34. The summed E-state index contributed by atoms with van der Waals surface area (Å²) in [5.74, 6) is -0.368. The smallest absolute Gasteiger partial charge is 0.334 e. The lowest BCUT2D eigenvalue weighted by atomic mass is 10.1. The molecule has 9 heteroatoms. The predicted molar refractivity (Wildman–Crippen MR) is 98.7 cm³/mol. The number of carbonyl (C=O) groups is 1. The molecule has 0 saturated carbocycles. The molecule has 0 aliphatic carbocycles. The number of aromatic nitrogens is 3. The molecular formula is C20H16F4N4O. The van der Waals surface area contributed by atoms with Gasteiger partial charge in [-0.15, -0.1) is 0 Å².